The maximum Gasteiger partial charge on any atom is 0.241 e. The first-order chi connectivity index (χ1) is 14.3. The van der Waals surface area contributed by atoms with E-state index in [1.165, 1.54) is 0 Å². The first kappa shape index (κ1) is 21.7. The number of nitrogens with one attached hydrogen (secondary N) is 2. The minimum absolute atomic E-state index is 0.130. The maximum absolute atomic E-state index is 13.5. The van der Waals surface area contributed by atoms with Gasteiger partial charge < -0.3 is 11.1 Å². The second kappa shape index (κ2) is 8.54. The van der Waals surface area contributed by atoms with Crippen LogP contribution in [0.25, 0.3) is 0 Å². The highest BCUT2D eigenvalue weighted by molar-refractivity contribution is 7.97. The molecule has 0 saturated heterocycles. The Morgan fingerprint density at radius 2 is 1.90 bits per heavy atom. The van der Waals surface area contributed by atoms with Crippen LogP contribution in [-0.4, -0.2) is 23.4 Å². The van der Waals surface area contributed by atoms with E-state index in [1.807, 2.05) is 25.1 Å². The Bertz CT molecular complexity index is 782. The summed E-state index contributed by atoms with van der Waals surface area (Å²) < 4.78 is 3.49. The molecular formula is C24H35N3O2S. The second-order valence-electron chi connectivity index (χ2n) is 10.1. The highest BCUT2D eigenvalue weighted by Gasteiger charge is 2.51. The van der Waals surface area contributed by atoms with Crippen molar-refractivity contribution in [1.82, 2.24) is 10.0 Å². The molecule has 164 valence electrons. The molecule has 1 aromatic rings. The van der Waals surface area contributed by atoms with Gasteiger partial charge in [0, 0.05) is 16.4 Å². The predicted molar refractivity (Wildman–Crippen MR) is 120 cm³/mol. The molecule has 0 heterocycles. The average molecular weight is 430 g/mol. The van der Waals surface area contributed by atoms with Gasteiger partial charge in [0.2, 0.25) is 11.8 Å². The fourth-order valence-electron chi connectivity index (χ4n) is 6.00. The molecule has 30 heavy (non-hydrogen) atoms. The smallest absolute Gasteiger partial charge is 0.241 e. The first-order valence-electron chi connectivity index (χ1n) is 11.5. The van der Waals surface area contributed by atoms with Crippen molar-refractivity contribution < 1.29 is 9.59 Å². The maximum atomic E-state index is 13.5. The molecule has 1 aromatic carbocycles. The summed E-state index contributed by atoms with van der Waals surface area (Å²) in [4.78, 5) is 26.7. The Morgan fingerprint density at radius 1 is 1.17 bits per heavy atom. The molecule has 4 N–H and O–H groups in total. The normalized spacial score (nSPS) is 34.6. The van der Waals surface area contributed by atoms with Crippen LogP contribution in [0.15, 0.2) is 35.2 Å². The molecule has 5 nitrogen and oxygen atoms in total. The van der Waals surface area contributed by atoms with Gasteiger partial charge in [-0.25, -0.2) is 4.72 Å². The highest BCUT2D eigenvalue weighted by Crippen LogP contribution is 2.51. The highest BCUT2D eigenvalue weighted by atomic mass is 32.2. The number of fused-ring (bicyclic) bond motifs is 2. The summed E-state index contributed by atoms with van der Waals surface area (Å²) in [6, 6.07) is 10.3. The van der Waals surface area contributed by atoms with Crippen LogP contribution in [0, 0.1) is 23.2 Å². The van der Waals surface area contributed by atoms with Crippen molar-refractivity contribution >= 4 is 23.8 Å². The van der Waals surface area contributed by atoms with Crippen molar-refractivity contribution in [3.05, 3.63) is 30.3 Å². The van der Waals surface area contributed by atoms with Gasteiger partial charge in [-0.15, -0.1) is 0 Å². The lowest BCUT2D eigenvalue weighted by atomic mass is 9.56. The zero-order valence-electron chi connectivity index (χ0n) is 18.2. The van der Waals surface area contributed by atoms with Crippen LogP contribution in [0.3, 0.4) is 0 Å². The molecule has 3 fully saturated rings. The van der Waals surface area contributed by atoms with Crippen LogP contribution in [0.4, 0.5) is 0 Å². The van der Waals surface area contributed by atoms with Gasteiger partial charge in [-0.2, -0.15) is 0 Å². The molecule has 3 aliphatic carbocycles. The summed E-state index contributed by atoms with van der Waals surface area (Å²) in [6.45, 7) is 4.24. The Balaban J connectivity index is 1.46. The van der Waals surface area contributed by atoms with Gasteiger partial charge in [0.25, 0.3) is 0 Å². The molecule has 0 aromatic heterocycles. The number of nitrogens with two attached hydrogens (primary N) is 1. The largest absolute Gasteiger partial charge is 0.369 e. The van der Waals surface area contributed by atoms with Gasteiger partial charge in [0.15, 0.2) is 0 Å². The van der Waals surface area contributed by atoms with Crippen molar-refractivity contribution in [3.63, 3.8) is 0 Å². The second-order valence-corrected chi connectivity index (χ2v) is 10.9. The zero-order chi connectivity index (χ0) is 21.4. The Kier molecular flexibility index (Phi) is 6.18. The van der Waals surface area contributed by atoms with Gasteiger partial charge in [-0.05, 0) is 86.8 Å². The van der Waals surface area contributed by atoms with Gasteiger partial charge >= 0.3 is 0 Å². The summed E-state index contributed by atoms with van der Waals surface area (Å²) in [5.74, 6) is 1.31. The molecule has 3 aliphatic rings. The number of carbonyl (C=O) groups excluding carboxylic acids is 2. The number of rotatable bonds is 7. The fraction of sp³-hybridized carbons (Fsp3) is 0.667. The van der Waals surface area contributed by atoms with E-state index in [2.05, 4.69) is 29.1 Å². The van der Waals surface area contributed by atoms with E-state index in [9.17, 15) is 9.59 Å². The molecule has 0 radical (unpaired) electrons. The summed E-state index contributed by atoms with van der Waals surface area (Å²) >= 11 is 1.55. The van der Waals surface area contributed by atoms with E-state index in [-0.39, 0.29) is 17.9 Å². The molecule has 5 unspecified atom stereocenters. The topological polar surface area (TPSA) is 84.2 Å². The lowest BCUT2D eigenvalue weighted by Gasteiger charge is -2.51. The van der Waals surface area contributed by atoms with Crippen LogP contribution in [0.1, 0.15) is 65.2 Å². The fourth-order valence-corrected chi connectivity index (χ4v) is 6.91. The van der Waals surface area contributed by atoms with E-state index in [1.54, 1.807) is 11.9 Å². The van der Waals surface area contributed by atoms with Crippen molar-refractivity contribution in [3.8, 4) is 0 Å². The number of primary amides is 1. The van der Waals surface area contributed by atoms with E-state index in [0.29, 0.717) is 17.8 Å². The number of benzene rings is 1. The Hall–Kier alpha value is -1.53. The van der Waals surface area contributed by atoms with Crippen LogP contribution >= 0.6 is 11.9 Å². The van der Waals surface area contributed by atoms with Crippen LogP contribution in [0.5, 0.6) is 0 Å². The SMILES string of the molecule is CCC1CC2CC(CC(C)(C(N)=O)C2)C1NC(=O)C1(NSc2ccccc2)CCC1. The Morgan fingerprint density at radius 3 is 2.50 bits per heavy atom. The molecule has 5 atom stereocenters. The van der Waals surface area contributed by atoms with Crippen LogP contribution in [0.2, 0.25) is 0 Å². The molecule has 2 bridgehead atoms. The number of hydrogen-bond acceptors (Lipinski definition) is 4. The molecule has 6 heteroatoms. The van der Waals surface area contributed by atoms with Crippen molar-refractivity contribution in [1.29, 1.82) is 0 Å². The molecule has 4 rings (SSSR count). The third-order valence-electron chi connectivity index (χ3n) is 7.91. The molecule has 2 amide bonds. The third kappa shape index (κ3) is 4.13. The van der Waals surface area contributed by atoms with Crippen LogP contribution < -0.4 is 15.8 Å². The number of carbonyl (C=O) groups is 2. The van der Waals surface area contributed by atoms with Crippen molar-refractivity contribution in [2.24, 2.45) is 28.9 Å². The molecular weight excluding hydrogens is 394 g/mol. The first-order valence-corrected chi connectivity index (χ1v) is 12.3. The molecule has 0 aliphatic heterocycles. The van der Waals surface area contributed by atoms with E-state index in [4.69, 9.17) is 5.73 Å². The minimum Gasteiger partial charge on any atom is -0.369 e. The minimum atomic E-state index is -0.489. The van der Waals surface area contributed by atoms with Crippen molar-refractivity contribution in [2.45, 2.75) is 81.7 Å². The zero-order valence-corrected chi connectivity index (χ0v) is 19.0. The molecule has 0 spiro atoms. The van der Waals surface area contributed by atoms with Crippen molar-refractivity contribution in [2.75, 3.05) is 0 Å². The van der Waals surface area contributed by atoms with E-state index < -0.39 is 11.0 Å². The average Bonchev–Trinajstić information content (AvgIpc) is 2.69. The monoisotopic (exact) mass is 429 g/mol. The summed E-state index contributed by atoms with van der Waals surface area (Å²) in [7, 11) is 0. The molecule has 3 saturated carbocycles. The number of amides is 2. The van der Waals surface area contributed by atoms with Gasteiger partial charge in [0.1, 0.15) is 5.54 Å². The van der Waals surface area contributed by atoms with E-state index in [0.717, 1.165) is 56.3 Å². The van der Waals surface area contributed by atoms with Gasteiger partial charge in [-0.3, -0.25) is 9.59 Å². The van der Waals surface area contributed by atoms with Gasteiger partial charge in [-0.1, -0.05) is 38.5 Å². The summed E-state index contributed by atoms with van der Waals surface area (Å²) in [5.41, 5.74) is 4.85. The summed E-state index contributed by atoms with van der Waals surface area (Å²) in [5, 5.41) is 3.46. The Labute approximate surface area is 184 Å². The standard InChI is InChI=1S/C24H35N3O2S/c1-3-17-12-16-13-18(15-23(2,14-16)21(25)28)20(17)26-22(29)24(10-7-11-24)27-30-19-8-5-4-6-9-19/h4-6,8-9,16-18,20,27H,3,7,10-15H2,1-2H3,(H2,25,28)(H,26,29). The lowest BCUT2D eigenvalue weighted by Crippen LogP contribution is -2.64. The van der Waals surface area contributed by atoms with E-state index >= 15 is 0 Å². The quantitative estimate of drug-likeness (QED) is 0.572. The number of hydrogen-bond donors (Lipinski definition) is 3. The summed E-state index contributed by atoms with van der Waals surface area (Å²) in [6.07, 6.45) is 7.74. The predicted octanol–water partition coefficient (Wildman–Crippen LogP) is 4.03. The third-order valence-corrected chi connectivity index (χ3v) is 8.91. The van der Waals surface area contributed by atoms with Crippen LogP contribution in [-0.2, 0) is 9.59 Å². The lowest BCUT2D eigenvalue weighted by molar-refractivity contribution is -0.135. The van der Waals surface area contributed by atoms with Gasteiger partial charge in [0.05, 0.1) is 0 Å².